The summed E-state index contributed by atoms with van der Waals surface area (Å²) in [5.41, 5.74) is 1.94. The number of rotatable bonds is 3. The van der Waals surface area contributed by atoms with E-state index in [2.05, 4.69) is 15.9 Å². The van der Waals surface area contributed by atoms with Crippen molar-refractivity contribution in [2.45, 2.75) is 12.8 Å². The van der Waals surface area contributed by atoms with Crippen LogP contribution in [0, 0.1) is 12.7 Å². The third-order valence-electron chi connectivity index (χ3n) is 2.59. The predicted octanol–water partition coefficient (Wildman–Crippen LogP) is 6.08. The van der Waals surface area contributed by atoms with E-state index < -0.39 is 5.82 Å². The van der Waals surface area contributed by atoms with E-state index in [4.69, 9.17) is 27.9 Å². The van der Waals surface area contributed by atoms with Crippen molar-refractivity contribution in [3.05, 3.63) is 56.8 Å². The van der Waals surface area contributed by atoms with Gasteiger partial charge >= 0.3 is 0 Å². The van der Waals surface area contributed by atoms with Crippen LogP contribution in [0.1, 0.15) is 11.1 Å². The van der Waals surface area contributed by atoms with Crippen LogP contribution in [0.4, 0.5) is 4.39 Å². The highest BCUT2D eigenvalue weighted by Crippen LogP contribution is 2.35. The van der Waals surface area contributed by atoms with Crippen LogP contribution in [0.2, 0.25) is 5.02 Å². The van der Waals surface area contributed by atoms with Crippen molar-refractivity contribution < 1.29 is 9.13 Å². The second-order valence-electron chi connectivity index (χ2n) is 4.03. The summed E-state index contributed by atoms with van der Waals surface area (Å²) in [7, 11) is 0. The molecule has 0 saturated heterocycles. The highest BCUT2D eigenvalue weighted by molar-refractivity contribution is 9.10. The average Bonchev–Trinajstić information content (AvgIpc) is 2.38. The van der Waals surface area contributed by atoms with Gasteiger partial charge in [-0.1, -0.05) is 23.7 Å². The topological polar surface area (TPSA) is 9.23 Å². The Kier molecular flexibility index (Phi) is 4.71. The molecular weight excluding hydrogens is 354 g/mol. The molecule has 2 aromatic rings. The molecule has 100 valence electrons. The molecule has 0 aliphatic rings. The highest BCUT2D eigenvalue weighted by atomic mass is 79.9. The molecule has 0 bridgehead atoms. The molecular formula is C14H10BrCl2FO. The summed E-state index contributed by atoms with van der Waals surface area (Å²) >= 11 is 14.7. The van der Waals surface area contributed by atoms with Crippen LogP contribution in [0.15, 0.2) is 34.8 Å². The first kappa shape index (κ1) is 14.6. The Morgan fingerprint density at radius 1 is 1.21 bits per heavy atom. The monoisotopic (exact) mass is 362 g/mol. The van der Waals surface area contributed by atoms with Crippen LogP contribution in [-0.2, 0) is 5.88 Å². The molecule has 19 heavy (non-hydrogen) atoms. The van der Waals surface area contributed by atoms with Crippen molar-refractivity contribution in [2.24, 2.45) is 0 Å². The van der Waals surface area contributed by atoms with E-state index in [0.717, 1.165) is 11.1 Å². The van der Waals surface area contributed by atoms with Crippen molar-refractivity contribution >= 4 is 39.1 Å². The molecule has 0 amide bonds. The van der Waals surface area contributed by atoms with Gasteiger partial charge in [0.15, 0.2) is 0 Å². The fourth-order valence-electron chi connectivity index (χ4n) is 1.61. The number of hydrogen-bond acceptors (Lipinski definition) is 1. The summed E-state index contributed by atoms with van der Waals surface area (Å²) in [5, 5.41) is 0.0495. The summed E-state index contributed by atoms with van der Waals surface area (Å²) in [6.07, 6.45) is 0. The Labute approximate surface area is 129 Å². The molecule has 5 heteroatoms. The number of benzene rings is 2. The van der Waals surface area contributed by atoms with Crippen LogP contribution in [0.3, 0.4) is 0 Å². The molecule has 1 nitrogen and oxygen atoms in total. The van der Waals surface area contributed by atoms with Gasteiger partial charge in [-0.05, 0) is 46.1 Å². The largest absolute Gasteiger partial charge is 0.456 e. The maximum absolute atomic E-state index is 13.4. The van der Waals surface area contributed by atoms with Gasteiger partial charge in [-0.3, -0.25) is 0 Å². The summed E-state index contributed by atoms with van der Waals surface area (Å²) in [6, 6.07) is 8.33. The van der Waals surface area contributed by atoms with Gasteiger partial charge in [0, 0.05) is 11.9 Å². The van der Waals surface area contributed by atoms with Gasteiger partial charge in [0.2, 0.25) is 0 Å². The zero-order valence-corrected chi connectivity index (χ0v) is 13.1. The van der Waals surface area contributed by atoms with Crippen LogP contribution < -0.4 is 4.74 Å². The summed E-state index contributed by atoms with van der Waals surface area (Å²) < 4.78 is 19.7. The number of alkyl halides is 1. The fraction of sp³-hybridized carbons (Fsp3) is 0.143. The molecule has 0 aliphatic carbocycles. The molecule has 0 heterocycles. The summed E-state index contributed by atoms with van der Waals surface area (Å²) in [4.78, 5) is 0. The van der Waals surface area contributed by atoms with Gasteiger partial charge in [-0.15, -0.1) is 11.6 Å². The number of hydrogen-bond donors (Lipinski definition) is 0. The molecule has 0 fully saturated rings. The van der Waals surface area contributed by atoms with E-state index in [1.165, 1.54) is 12.1 Å². The van der Waals surface area contributed by atoms with E-state index in [-0.39, 0.29) is 5.02 Å². The third kappa shape index (κ3) is 3.41. The zero-order valence-electron chi connectivity index (χ0n) is 10.0. The Bertz CT molecular complexity index is 617. The van der Waals surface area contributed by atoms with Crippen molar-refractivity contribution in [2.75, 3.05) is 0 Å². The van der Waals surface area contributed by atoms with E-state index in [1.807, 2.05) is 25.1 Å². The smallest absolute Gasteiger partial charge is 0.145 e. The van der Waals surface area contributed by atoms with Gasteiger partial charge < -0.3 is 4.74 Å². The quantitative estimate of drug-likeness (QED) is 0.474. The second-order valence-corrected chi connectivity index (χ2v) is 5.56. The Morgan fingerprint density at radius 2 is 1.95 bits per heavy atom. The first-order valence-electron chi connectivity index (χ1n) is 5.49. The van der Waals surface area contributed by atoms with Gasteiger partial charge in [-0.25, -0.2) is 4.39 Å². The number of ether oxygens (including phenoxy) is 1. The maximum atomic E-state index is 13.4. The summed E-state index contributed by atoms with van der Waals surface area (Å²) in [5.74, 6) is 0.954. The van der Waals surface area contributed by atoms with Crippen LogP contribution in [0.5, 0.6) is 11.5 Å². The third-order valence-corrected chi connectivity index (χ3v) is 3.81. The molecule has 0 spiro atoms. The normalized spacial score (nSPS) is 10.6. The average molecular weight is 364 g/mol. The predicted molar refractivity (Wildman–Crippen MR) is 79.9 cm³/mol. The van der Waals surface area contributed by atoms with Crippen molar-refractivity contribution in [3.8, 4) is 11.5 Å². The van der Waals surface area contributed by atoms with Crippen molar-refractivity contribution in [3.63, 3.8) is 0 Å². The Hall–Kier alpha value is -0.770. The number of aryl methyl sites for hydroxylation is 1. The molecule has 2 rings (SSSR count). The van der Waals surface area contributed by atoms with Crippen molar-refractivity contribution in [1.29, 1.82) is 0 Å². The fourth-order valence-corrected chi connectivity index (χ4v) is 2.50. The van der Waals surface area contributed by atoms with Crippen LogP contribution in [0.25, 0.3) is 0 Å². The minimum absolute atomic E-state index is 0.0495. The first-order chi connectivity index (χ1) is 9.01. The molecule has 0 radical (unpaired) electrons. The lowest BCUT2D eigenvalue weighted by Crippen LogP contribution is -1.91. The van der Waals surface area contributed by atoms with Gasteiger partial charge in [0.1, 0.15) is 17.3 Å². The van der Waals surface area contributed by atoms with E-state index in [9.17, 15) is 4.39 Å². The van der Waals surface area contributed by atoms with Crippen LogP contribution in [-0.4, -0.2) is 0 Å². The number of halogens is 4. The second kappa shape index (κ2) is 6.12. The van der Waals surface area contributed by atoms with E-state index in [0.29, 0.717) is 21.9 Å². The van der Waals surface area contributed by atoms with E-state index in [1.54, 1.807) is 0 Å². The van der Waals surface area contributed by atoms with Gasteiger partial charge in [0.05, 0.1) is 9.50 Å². The van der Waals surface area contributed by atoms with Gasteiger partial charge in [0.25, 0.3) is 0 Å². The summed E-state index contributed by atoms with van der Waals surface area (Å²) in [6.45, 7) is 1.91. The van der Waals surface area contributed by atoms with Crippen molar-refractivity contribution in [1.82, 2.24) is 0 Å². The molecule has 0 saturated carbocycles. The Balaban J connectivity index is 2.33. The zero-order chi connectivity index (χ0) is 14.0. The van der Waals surface area contributed by atoms with E-state index >= 15 is 0 Å². The Morgan fingerprint density at radius 3 is 2.58 bits per heavy atom. The maximum Gasteiger partial charge on any atom is 0.145 e. The minimum Gasteiger partial charge on any atom is -0.456 e. The lowest BCUT2D eigenvalue weighted by atomic mass is 10.1. The minimum atomic E-state index is -0.519. The highest BCUT2D eigenvalue weighted by Gasteiger charge is 2.10. The lowest BCUT2D eigenvalue weighted by molar-refractivity contribution is 0.470. The van der Waals surface area contributed by atoms with Gasteiger partial charge in [-0.2, -0.15) is 0 Å². The lowest BCUT2D eigenvalue weighted by Gasteiger charge is -2.11. The molecule has 2 aromatic carbocycles. The molecule has 0 aromatic heterocycles. The van der Waals surface area contributed by atoms with Crippen LogP contribution >= 0.6 is 39.1 Å². The molecule has 0 aliphatic heterocycles. The molecule has 0 unspecified atom stereocenters. The molecule has 0 N–H and O–H groups in total. The standard InChI is InChI=1S/C14H10BrCl2FO/c1-8-4-9(7-16)2-3-13(8)19-14-6-12(18)11(17)5-10(14)15/h2-6H,7H2,1H3. The molecule has 0 atom stereocenters. The SMILES string of the molecule is Cc1cc(CCl)ccc1Oc1cc(F)c(Cl)cc1Br. The first-order valence-corrected chi connectivity index (χ1v) is 7.19.